The number of carbonyl (C=O) groups is 1. The topological polar surface area (TPSA) is 116 Å². The van der Waals surface area contributed by atoms with Crippen LogP contribution < -0.4 is 6.15 Å². The second-order valence-corrected chi connectivity index (χ2v) is 4.08. The van der Waals surface area contributed by atoms with E-state index in [1.54, 1.807) is 6.92 Å². The van der Waals surface area contributed by atoms with Crippen LogP contribution in [0.2, 0.25) is 0 Å². The summed E-state index contributed by atoms with van der Waals surface area (Å²) >= 11 is 0. The standard InChI is InChI=1S/C9H10O5S.H3N/c1-2-14-9(10)7-5-3-4-6-8(7)15(11,12)13;/h3-6H,2H2,1H3,(H,11,12,13);1H3. The number of hydrogen-bond donors (Lipinski definition) is 2. The first-order chi connectivity index (χ1) is 6.96. The third-order valence-corrected chi connectivity index (χ3v) is 2.57. The highest BCUT2D eigenvalue weighted by molar-refractivity contribution is 7.86. The van der Waals surface area contributed by atoms with Gasteiger partial charge in [-0.05, 0) is 19.1 Å². The minimum absolute atomic E-state index is 0. The Kier molecular flexibility index (Phi) is 5.09. The first-order valence-corrected chi connectivity index (χ1v) is 5.64. The molecule has 1 aromatic carbocycles. The molecule has 0 unspecified atom stereocenters. The van der Waals surface area contributed by atoms with Crippen LogP contribution in [0.5, 0.6) is 0 Å². The summed E-state index contributed by atoms with van der Waals surface area (Å²) in [6.45, 7) is 1.74. The predicted molar refractivity (Wildman–Crippen MR) is 57.2 cm³/mol. The average Bonchev–Trinajstić information content (AvgIpc) is 2.17. The molecule has 1 rings (SSSR count). The van der Waals surface area contributed by atoms with Gasteiger partial charge < -0.3 is 10.9 Å². The number of ether oxygens (including phenoxy) is 1. The first-order valence-electron chi connectivity index (χ1n) is 4.20. The molecule has 0 saturated carbocycles. The molecule has 1 aromatic rings. The van der Waals surface area contributed by atoms with Gasteiger partial charge in [-0.25, -0.2) is 4.79 Å². The van der Waals surface area contributed by atoms with Crippen molar-refractivity contribution in [2.45, 2.75) is 11.8 Å². The summed E-state index contributed by atoms with van der Waals surface area (Å²) in [6.07, 6.45) is 0. The van der Waals surface area contributed by atoms with Crippen molar-refractivity contribution in [2.24, 2.45) is 0 Å². The number of esters is 1. The zero-order valence-corrected chi connectivity index (χ0v) is 9.53. The fraction of sp³-hybridized carbons (Fsp3) is 0.222. The molecule has 0 aliphatic rings. The van der Waals surface area contributed by atoms with Gasteiger partial charge in [-0.15, -0.1) is 0 Å². The third kappa shape index (κ3) is 3.30. The number of rotatable bonds is 3. The number of benzene rings is 1. The highest BCUT2D eigenvalue weighted by atomic mass is 32.2. The van der Waals surface area contributed by atoms with E-state index in [1.807, 2.05) is 0 Å². The normalized spacial score (nSPS) is 10.4. The molecule has 0 aromatic heterocycles. The molecule has 4 N–H and O–H groups in total. The molecule has 0 bridgehead atoms. The Balaban J connectivity index is 0.00000225. The predicted octanol–water partition coefficient (Wildman–Crippen LogP) is 1.27. The first kappa shape index (κ1) is 14.6. The second-order valence-electron chi connectivity index (χ2n) is 2.69. The minimum atomic E-state index is -4.40. The average molecular weight is 247 g/mol. The van der Waals surface area contributed by atoms with Crippen molar-refractivity contribution >= 4 is 16.1 Å². The highest BCUT2D eigenvalue weighted by Crippen LogP contribution is 2.15. The van der Waals surface area contributed by atoms with Gasteiger partial charge in [0, 0.05) is 0 Å². The lowest BCUT2D eigenvalue weighted by atomic mass is 10.2. The Labute approximate surface area is 93.6 Å². The second kappa shape index (κ2) is 5.59. The third-order valence-electron chi connectivity index (χ3n) is 1.66. The monoisotopic (exact) mass is 247 g/mol. The molecule has 90 valence electrons. The Morgan fingerprint density at radius 2 is 1.94 bits per heavy atom. The van der Waals surface area contributed by atoms with Crippen molar-refractivity contribution in [3.63, 3.8) is 0 Å². The summed E-state index contributed by atoms with van der Waals surface area (Å²) in [5, 5.41) is 0. The van der Waals surface area contributed by atoms with E-state index in [0.29, 0.717) is 0 Å². The molecule has 0 amide bonds. The lowest BCUT2D eigenvalue weighted by molar-refractivity contribution is 0.0521. The Bertz CT molecular complexity index is 469. The van der Waals surface area contributed by atoms with E-state index in [-0.39, 0.29) is 18.3 Å². The molecule has 0 spiro atoms. The van der Waals surface area contributed by atoms with Gasteiger partial charge in [-0.2, -0.15) is 8.42 Å². The maximum atomic E-state index is 11.3. The van der Waals surface area contributed by atoms with Crippen molar-refractivity contribution < 1.29 is 22.5 Å². The van der Waals surface area contributed by atoms with Gasteiger partial charge >= 0.3 is 5.97 Å². The smallest absolute Gasteiger partial charge is 0.339 e. The molecular formula is C9H13NO5S. The molecule has 0 fully saturated rings. The van der Waals surface area contributed by atoms with Crippen LogP contribution in [0.1, 0.15) is 17.3 Å². The summed E-state index contributed by atoms with van der Waals surface area (Å²) in [5.74, 6) is -0.772. The van der Waals surface area contributed by atoms with Crippen LogP contribution in [0.25, 0.3) is 0 Å². The Morgan fingerprint density at radius 3 is 2.44 bits per heavy atom. The van der Waals surface area contributed by atoms with Crippen LogP contribution in [0.15, 0.2) is 29.2 Å². The molecule has 0 atom stereocenters. The van der Waals surface area contributed by atoms with E-state index in [0.717, 1.165) is 6.07 Å². The van der Waals surface area contributed by atoms with Gasteiger partial charge in [-0.1, -0.05) is 12.1 Å². The number of carbonyl (C=O) groups excluding carboxylic acids is 1. The fourth-order valence-corrected chi connectivity index (χ4v) is 1.75. The van der Waals surface area contributed by atoms with E-state index in [4.69, 9.17) is 4.55 Å². The Hall–Kier alpha value is -1.44. The van der Waals surface area contributed by atoms with E-state index in [2.05, 4.69) is 4.74 Å². The molecule has 0 radical (unpaired) electrons. The molecule has 0 aliphatic heterocycles. The van der Waals surface area contributed by atoms with Crippen LogP contribution in [0, 0.1) is 0 Å². The van der Waals surface area contributed by atoms with Crippen molar-refractivity contribution in [3.05, 3.63) is 29.8 Å². The summed E-state index contributed by atoms with van der Waals surface area (Å²) in [6, 6.07) is 5.31. The van der Waals surface area contributed by atoms with E-state index >= 15 is 0 Å². The maximum absolute atomic E-state index is 11.3. The van der Waals surface area contributed by atoms with Gasteiger partial charge in [0.1, 0.15) is 4.90 Å². The quantitative estimate of drug-likeness (QED) is 0.613. The van der Waals surface area contributed by atoms with Gasteiger partial charge in [0.05, 0.1) is 12.2 Å². The fourth-order valence-electron chi connectivity index (χ4n) is 1.07. The van der Waals surface area contributed by atoms with Crippen LogP contribution >= 0.6 is 0 Å². The van der Waals surface area contributed by atoms with E-state index in [9.17, 15) is 13.2 Å². The molecule has 16 heavy (non-hydrogen) atoms. The zero-order valence-electron chi connectivity index (χ0n) is 8.71. The maximum Gasteiger partial charge on any atom is 0.339 e. The van der Waals surface area contributed by atoms with Crippen molar-refractivity contribution in [1.29, 1.82) is 0 Å². The zero-order chi connectivity index (χ0) is 11.5. The molecule has 0 aliphatic carbocycles. The largest absolute Gasteiger partial charge is 0.462 e. The number of hydrogen-bond acceptors (Lipinski definition) is 5. The molecule has 6 nitrogen and oxygen atoms in total. The lowest BCUT2D eigenvalue weighted by Crippen LogP contribution is -2.11. The highest BCUT2D eigenvalue weighted by Gasteiger charge is 2.20. The minimum Gasteiger partial charge on any atom is -0.462 e. The van der Waals surface area contributed by atoms with Gasteiger partial charge in [0.15, 0.2) is 0 Å². The van der Waals surface area contributed by atoms with Crippen molar-refractivity contribution in [2.75, 3.05) is 6.61 Å². The molecule has 7 heteroatoms. The van der Waals surface area contributed by atoms with Crippen LogP contribution in [-0.2, 0) is 14.9 Å². The summed E-state index contributed by atoms with van der Waals surface area (Å²) in [5.41, 5.74) is -0.165. The summed E-state index contributed by atoms with van der Waals surface area (Å²) in [4.78, 5) is 10.9. The van der Waals surface area contributed by atoms with Crippen LogP contribution in [-0.4, -0.2) is 25.5 Å². The summed E-state index contributed by atoms with van der Waals surface area (Å²) < 4.78 is 35.3. The lowest BCUT2D eigenvalue weighted by Gasteiger charge is -2.05. The van der Waals surface area contributed by atoms with Crippen LogP contribution in [0.3, 0.4) is 0 Å². The SMILES string of the molecule is CCOC(=O)c1ccccc1S(=O)(=O)O.N. The van der Waals surface area contributed by atoms with Gasteiger partial charge in [-0.3, -0.25) is 4.55 Å². The molecule has 0 saturated heterocycles. The molecular weight excluding hydrogens is 234 g/mol. The van der Waals surface area contributed by atoms with Crippen molar-refractivity contribution in [1.82, 2.24) is 6.15 Å². The van der Waals surface area contributed by atoms with E-state index in [1.165, 1.54) is 18.2 Å². The van der Waals surface area contributed by atoms with Gasteiger partial charge in [0.25, 0.3) is 10.1 Å². The summed E-state index contributed by atoms with van der Waals surface area (Å²) in [7, 11) is -4.40. The molecule has 0 heterocycles. The van der Waals surface area contributed by atoms with Crippen molar-refractivity contribution in [3.8, 4) is 0 Å². The van der Waals surface area contributed by atoms with Gasteiger partial charge in [0.2, 0.25) is 0 Å². The Morgan fingerprint density at radius 1 is 1.38 bits per heavy atom. The van der Waals surface area contributed by atoms with Crippen LogP contribution in [0.4, 0.5) is 0 Å². The van der Waals surface area contributed by atoms with E-state index < -0.39 is 21.0 Å².